The Balaban J connectivity index is 4.22. The maximum absolute atomic E-state index is 12.9. The standard InChI is InChI=1S/C67H126O6/c1-4-7-10-13-16-19-22-25-27-29-30-31-32-33-34-35-36-38-39-42-45-48-51-54-57-60-66(69)72-63-64(62-71-65(68)59-56-53-50-47-44-41-24-21-18-15-12-9-6-3)73-67(70)61-58-55-52-49-46-43-40-37-28-26-23-20-17-14-11-8-5-2/h17,20,26,28,64H,4-16,18-19,21-25,27,29-63H2,1-3H3/b20-17-,28-26-. The van der Waals surface area contributed by atoms with E-state index in [4.69, 9.17) is 14.2 Å². The zero-order chi connectivity index (χ0) is 52.9. The Morgan fingerprint density at radius 2 is 0.493 bits per heavy atom. The van der Waals surface area contributed by atoms with Crippen LogP contribution >= 0.6 is 0 Å². The predicted octanol–water partition coefficient (Wildman–Crippen LogP) is 22.2. The fraction of sp³-hybridized carbons (Fsp3) is 0.896. The van der Waals surface area contributed by atoms with Crippen LogP contribution in [0.5, 0.6) is 0 Å². The molecule has 0 saturated carbocycles. The van der Waals surface area contributed by atoms with Gasteiger partial charge in [-0.1, -0.05) is 321 Å². The molecule has 0 aromatic rings. The van der Waals surface area contributed by atoms with Crippen molar-refractivity contribution in [2.24, 2.45) is 0 Å². The first-order chi connectivity index (χ1) is 36.0. The van der Waals surface area contributed by atoms with E-state index < -0.39 is 6.10 Å². The molecule has 0 aliphatic rings. The molecule has 0 fully saturated rings. The van der Waals surface area contributed by atoms with E-state index in [2.05, 4.69) is 45.1 Å². The number of esters is 3. The van der Waals surface area contributed by atoms with Crippen molar-refractivity contribution in [1.29, 1.82) is 0 Å². The van der Waals surface area contributed by atoms with Crippen molar-refractivity contribution < 1.29 is 28.6 Å². The van der Waals surface area contributed by atoms with Crippen molar-refractivity contribution in [3.8, 4) is 0 Å². The number of allylic oxidation sites excluding steroid dienone is 4. The normalized spacial score (nSPS) is 12.1. The summed E-state index contributed by atoms with van der Waals surface area (Å²) in [4.78, 5) is 38.3. The Morgan fingerprint density at radius 3 is 0.781 bits per heavy atom. The maximum atomic E-state index is 12.9. The minimum Gasteiger partial charge on any atom is -0.462 e. The lowest BCUT2D eigenvalue weighted by Crippen LogP contribution is -2.30. The summed E-state index contributed by atoms with van der Waals surface area (Å²) in [5.74, 6) is -0.849. The van der Waals surface area contributed by atoms with Gasteiger partial charge in [-0.15, -0.1) is 0 Å². The number of unbranched alkanes of at least 4 members (excludes halogenated alkanes) is 46. The molecule has 0 amide bonds. The van der Waals surface area contributed by atoms with Crippen molar-refractivity contribution in [3.63, 3.8) is 0 Å². The molecule has 0 aliphatic heterocycles. The van der Waals surface area contributed by atoms with Crippen LogP contribution in [0.15, 0.2) is 24.3 Å². The Labute approximate surface area is 455 Å². The smallest absolute Gasteiger partial charge is 0.306 e. The molecular formula is C67H126O6. The highest BCUT2D eigenvalue weighted by Gasteiger charge is 2.19. The fourth-order valence-corrected chi connectivity index (χ4v) is 10.0. The largest absolute Gasteiger partial charge is 0.462 e. The number of hydrogen-bond donors (Lipinski definition) is 0. The van der Waals surface area contributed by atoms with Crippen LogP contribution in [0, 0.1) is 0 Å². The summed E-state index contributed by atoms with van der Waals surface area (Å²) in [7, 11) is 0. The molecule has 0 aromatic heterocycles. The summed E-state index contributed by atoms with van der Waals surface area (Å²) >= 11 is 0. The van der Waals surface area contributed by atoms with Crippen molar-refractivity contribution in [1.82, 2.24) is 0 Å². The van der Waals surface area contributed by atoms with Gasteiger partial charge in [0.05, 0.1) is 0 Å². The van der Waals surface area contributed by atoms with Crippen LogP contribution in [0.25, 0.3) is 0 Å². The molecule has 0 aliphatic carbocycles. The van der Waals surface area contributed by atoms with Gasteiger partial charge in [-0.3, -0.25) is 14.4 Å². The second-order valence-electron chi connectivity index (χ2n) is 22.4. The SMILES string of the molecule is CCCCC/C=C\C/C=C\CCCCCCCCCC(=O)OC(COC(=O)CCCCCCCCCCCCCCC)COC(=O)CCCCCCCCCCCCCCCCCCCCCCCCCCC. The highest BCUT2D eigenvalue weighted by Crippen LogP contribution is 2.18. The Hall–Kier alpha value is -2.11. The number of carbonyl (C=O) groups is 3. The monoisotopic (exact) mass is 1030 g/mol. The molecule has 430 valence electrons. The molecule has 0 N–H and O–H groups in total. The number of hydrogen-bond acceptors (Lipinski definition) is 6. The third-order valence-electron chi connectivity index (χ3n) is 15.0. The fourth-order valence-electron chi connectivity index (χ4n) is 10.0. The molecule has 73 heavy (non-hydrogen) atoms. The third kappa shape index (κ3) is 60.6. The van der Waals surface area contributed by atoms with E-state index in [1.807, 2.05) is 0 Å². The Bertz CT molecular complexity index is 1180. The van der Waals surface area contributed by atoms with Gasteiger partial charge in [-0.05, 0) is 51.4 Å². The van der Waals surface area contributed by atoms with E-state index in [0.717, 1.165) is 70.6 Å². The van der Waals surface area contributed by atoms with Gasteiger partial charge in [-0.25, -0.2) is 0 Å². The van der Waals surface area contributed by atoms with E-state index in [-0.39, 0.29) is 31.1 Å². The molecular weight excluding hydrogens is 901 g/mol. The van der Waals surface area contributed by atoms with Gasteiger partial charge < -0.3 is 14.2 Å². The maximum Gasteiger partial charge on any atom is 0.306 e. The summed E-state index contributed by atoms with van der Waals surface area (Å²) in [5.41, 5.74) is 0. The number of rotatable bonds is 61. The van der Waals surface area contributed by atoms with Crippen molar-refractivity contribution in [2.75, 3.05) is 13.2 Å². The number of carbonyl (C=O) groups excluding carboxylic acids is 3. The van der Waals surface area contributed by atoms with E-state index in [1.165, 1.54) is 257 Å². The average molecular weight is 1030 g/mol. The Kier molecular flexibility index (Phi) is 60.6. The highest BCUT2D eigenvalue weighted by atomic mass is 16.6. The van der Waals surface area contributed by atoms with Crippen molar-refractivity contribution in [2.45, 2.75) is 374 Å². The van der Waals surface area contributed by atoms with Crippen LogP contribution in [-0.2, 0) is 28.6 Å². The molecule has 1 atom stereocenters. The molecule has 0 spiro atoms. The summed E-state index contributed by atoms with van der Waals surface area (Å²) in [5, 5.41) is 0. The Morgan fingerprint density at radius 1 is 0.274 bits per heavy atom. The van der Waals surface area contributed by atoms with E-state index in [1.54, 1.807) is 0 Å². The summed E-state index contributed by atoms with van der Waals surface area (Å²) in [6.45, 7) is 6.68. The molecule has 0 saturated heterocycles. The summed E-state index contributed by atoms with van der Waals surface area (Å²) in [6.07, 6.45) is 74.8. The predicted molar refractivity (Wildman–Crippen MR) is 316 cm³/mol. The second kappa shape index (κ2) is 62.4. The van der Waals surface area contributed by atoms with Gasteiger partial charge in [0, 0.05) is 19.3 Å². The molecule has 1 unspecified atom stereocenters. The van der Waals surface area contributed by atoms with Crippen LogP contribution in [0.2, 0.25) is 0 Å². The van der Waals surface area contributed by atoms with Crippen LogP contribution in [0.3, 0.4) is 0 Å². The topological polar surface area (TPSA) is 78.9 Å². The first-order valence-corrected chi connectivity index (χ1v) is 32.8. The van der Waals surface area contributed by atoms with E-state index in [9.17, 15) is 14.4 Å². The quantitative estimate of drug-likeness (QED) is 0.0261. The van der Waals surface area contributed by atoms with Crippen LogP contribution in [0.1, 0.15) is 367 Å². The van der Waals surface area contributed by atoms with Crippen LogP contribution in [0.4, 0.5) is 0 Å². The molecule has 0 bridgehead atoms. The van der Waals surface area contributed by atoms with Crippen LogP contribution in [-0.4, -0.2) is 37.2 Å². The molecule has 0 heterocycles. The summed E-state index contributed by atoms with van der Waals surface area (Å²) < 4.78 is 16.9. The molecule has 0 aromatic carbocycles. The first kappa shape index (κ1) is 70.9. The van der Waals surface area contributed by atoms with E-state index in [0.29, 0.717) is 19.3 Å². The molecule has 0 radical (unpaired) electrons. The first-order valence-electron chi connectivity index (χ1n) is 32.8. The van der Waals surface area contributed by atoms with Crippen molar-refractivity contribution in [3.05, 3.63) is 24.3 Å². The van der Waals surface area contributed by atoms with Crippen molar-refractivity contribution >= 4 is 17.9 Å². The zero-order valence-electron chi connectivity index (χ0n) is 49.4. The van der Waals surface area contributed by atoms with E-state index >= 15 is 0 Å². The lowest BCUT2D eigenvalue weighted by Gasteiger charge is -2.18. The molecule has 6 nitrogen and oxygen atoms in total. The average Bonchev–Trinajstić information content (AvgIpc) is 3.39. The molecule has 6 heteroatoms. The number of ether oxygens (including phenoxy) is 3. The van der Waals surface area contributed by atoms with Gasteiger partial charge in [0.1, 0.15) is 13.2 Å². The highest BCUT2D eigenvalue weighted by molar-refractivity contribution is 5.71. The zero-order valence-corrected chi connectivity index (χ0v) is 49.4. The minimum absolute atomic E-state index is 0.0685. The molecule has 0 rings (SSSR count). The van der Waals surface area contributed by atoms with Gasteiger partial charge in [0.2, 0.25) is 0 Å². The summed E-state index contributed by atoms with van der Waals surface area (Å²) in [6, 6.07) is 0. The lowest BCUT2D eigenvalue weighted by molar-refractivity contribution is -0.167. The van der Waals surface area contributed by atoms with Gasteiger partial charge in [0.15, 0.2) is 6.10 Å². The van der Waals surface area contributed by atoms with Gasteiger partial charge in [0.25, 0.3) is 0 Å². The third-order valence-corrected chi connectivity index (χ3v) is 15.0. The van der Waals surface area contributed by atoms with Gasteiger partial charge in [-0.2, -0.15) is 0 Å². The minimum atomic E-state index is -0.771. The van der Waals surface area contributed by atoms with Crippen LogP contribution < -0.4 is 0 Å². The van der Waals surface area contributed by atoms with Gasteiger partial charge >= 0.3 is 17.9 Å². The lowest BCUT2D eigenvalue weighted by atomic mass is 10.0. The second-order valence-corrected chi connectivity index (χ2v) is 22.4.